The number of hydrogen-bond acceptors (Lipinski definition) is 2. The molecule has 1 aliphatic rings. The van der Waals surface area contributed by atoms with Crippen molar-refractivity contribution < 1.29 is 9.18 Å². The Labute approximate surface area is 156 Å². The van der Waals surface area contributed by atoms with Crippen LogP contribution in [0.2, 0.25) is 0 Å². The number of hydrogen-bond donors (Lipinski definition) is 1. The highest BCUT2D eigenvalue weighted by atomic mass is 79.9. The monoisotopic (exact) mass is 404 g/mol. The minimum atomic E-state index is -0.159. The van der Waals surface area contributed by atoms with Crippen LogP contribution in [0.4, 0.5) is 10.1 Å². The molecule has 1 amide bonds. The van der Waals surface area contributed by atoms with Gasteiger partial charge in [0.2, 0.25) is 5.91 Å². The van der Waals surface area contributed by atoms with Gasteiger partial charge in [0.15, 0.2) is 0 Å². The molecule has 1 aliphatic heterocycles. The number of nitrogens with zero attached hydrogens (tertiary/aromatic N) is 1. The summed E-state index contributed by atoms with van der Waals surface area (Å²) in [6.07, 6.45) is 1.60. The topological polar surface area (TPSA) is 32.3 Å². The maximum Gasteiger partial charge on any atom is 0.227 e. The molecule has 0 saturated carbocycles. The Bertz CT molecular complexity index is 757. The Kier molecular flexibility index (Phi) is 5.86. The van der Waals surface area contributed by atoms with Crippen molar-refractivity contribution in [3.05, 3.63) is 63.9 Å². The van der Waals surface area contributed by atoms with Gasteiger partial charge in [-0.1, -0.05) is 34.1 Å². The molecule has 132 valence electrons. The molecule has 2 aromatic carbocycles. The van der Waals surface area contributed by atoms with E-state index in [2.05, 4.69) is 26.1 Å². The molecule has 1 heterocycles. The van der Waals surface area contributed by atoms with E-state index >= 15 is 0 Å². The van der Waals surface area contributed by atoms with E-state index in [1.165, 1.54) is 6.07 Å². The molecule has 5 heteroatoms. The first-order valence-electron chi connectivity index (χ1n) is 8.55. The van der Waals surface area contributed by atoms with Gasteiger partial charge < -0.3 is 5.32 Å². The minimum absolute atomic E-state index is 0.0147. The summed E-state index contributed by atoms with van der Waals surface area (Å²) in [5.41, 5.74) is 2.65. The molecule has 1 N–H and O–H groups in total. The first-order chi connectivity index (χ1) is 12.0. The Morgan fingerprint density at radius 2 is 1.96 bits per heavy atom. The number of benzene rings is 2. The molecule has 0 unspecified atom stereocenters. The zero-order valence-electron chi connectivity index (χ0n) is 14.3. The summed E-state index contributed by atoms with van der Waals surface area (Å²) < 4.78 is 14.8. The van der Waals surface area contributed by atoms with E-state index in [0.29, 0.717) is 6.54 Å². The molecule has 0 radical (unpaired) electrons. The third-order valence-electron chi connectivity index (χ3n) is 4.74. The van der Waals surface area contributed by atoms with E-state index in [9.17, 15) is 9.18 Å². The molecule has 1 saturated heterocycles. The molecule has 0 spiro atoms. The third kappa shape index (κ3) is 4.67. The van der Waals surface area contributed by atoms with Gasteiger partial charge in [0.25, 0.3) is 0 Å². The number of aryl methyl sites for hydroxylation is 1. The second-order valence-corrected chi connectivity index (χ2v) is 7.45. The molecule has 0 atom stereocenters. The van der Waals surface area contributed by atoms with Crippen molar-refractivity contribution in [1.82, 2.24) is 4.90 Å². The van der Waals surface area contributed by atoms with Gasteiger partial charge in [-0.3, -0.25) is 9.69 Å². The first-order valence-corrected chi connectivity index (χ1v) is 9.35. The van der Waals surface area contributed by atoms with Crippen molar-refractivity contribution in [2.45, 2.75) is 26.3 Å². The Morgan fingerprint density at radius 1 is 1.24 bits per heavy atom. The Balaban J connectivity index is 1.52. The van der Waals surface area contributed by atoms with Gasteiger partial charge in [-0.15, -0.1) is 0 Å². The maximum atomic E-state index is 13.8. The number of piperidine rings is 1. The largest absolute Gasteiger partial charge is 0.326 e. The molecule has 0 aliphatic carbocycles. The summed E-state index contributed by atoms with van der Waals surface area (Å²) in [5.74, 6) is -0.0685. The summed E-state index contributed by atoms with van der Waals surface area (Å²) >= 11 is 3.47. The zero-order chi connectivity index (χ0) is 17.8. The van der Waals surface area contributed by atoms with E-state index in [1.807, 2.05) is 37.3 Å². The van der Waals surface area contributed by atoms with Crippen LogP contribution in [0.25, 0.3) is 0 Å². The highest BCUT2D eigenvalue weighted by Gasteiger charge is 2.25. The lowest BCUT2D eigenvalue weighted by Crippen LogP contribution is -2.37. The second-order valence-electron chi connectivity index (χ2n) is 6.60. The van der Waals surface area contributed by atoms with Crippen LogP contribution in [-0.2, 0) is 11.3 Å². The number of rotatable bonds is 4. The lowest BCUT2D eigenvalue weighted by Gasteiger charge is -2.31. The summed E-state index contributed by atoms with van der Waals surface area (Å²) in [4.78, 5) is 14.7. The van der Waals surface area contributed by atoms with Gasteiger partial charge in [-0.05, 0) is 62.7 Å². The van der Waals surface area contributed by atoms with Crippen molar-refractivity contribution in [2.75, 3.05) is 18.4 Å². The van der Waals surface area contributed by atoms with Crippen LogP contribution >= 0.6 is 15.9 Å². The number of carbonyl (C=O) groups excluding carboxylic acids is 1. The van der Waals surface area contributed by atoms with Crippen LogP contribution in [0.5, 0.6) is 0 Å². The van der Waals surface area contributed by atoms with Crippen LogP contribution in [0.15, 0.2) is 46.9 Å². The molecule has 0 aromatic heterocycles. The maximum absolute atomic E-state index is 13.8. The lowest BCUT2D eigenvalue weighted by molar-refractivity contribution is -0.121. The number of carbonyl (C=O) groups is 1. The number of halogens is 2. The molecule has 0 bridgehead atoms. The van der Waals surface area contributed by atoms with Gasteiger partial charge in [-0.25, -0.2) is 4.39 Å². The quantitative estimate of drug-likeness (QED) is 0.797. The first kappa shape index (κ1) is 18.1. The summed E-state index contributed by atoms with van der Waals surface area (Å²) in [7, 11) is 0. The standard InChI is InChI=1S/C20H22BrFN2O/c1-14-12-17(6-7-18(14)21)23-20(25)15-8-10-24(11-9-15)13-16-4-2-3-5-19(16)22/h2-7,12,15H,8-11,13H2,1H3,(H,23,25). The van der Waals surface area contributed by atoms with Crippen LogP contribution in [0, 0.1) is 18.7 Å². The Hall–Kier alpha value is -1.72. The number of anilines is 1. The van der Waals surface area contributed by atoms with E-state index in [1.54, 1.807) is 6.07 Å². The predicted octanol–water partition coefficient (Wildman–Crippen LogP) is 4.75. The number of likely N-dealkylation sites (tertiary alicyclic amines) is 1. The van der Waals surface area contributed by atoms with Gasteiger partial charge in [0, 0.05) is 28.2 Å². The fourth-order valence-corrected chi connectivity index (χ4v) is 3.43. The minimum Gasteiger partial charge on any atom is -0.326 e. The smallest absolute Gasteiger partial charge is 0.227 e. The van der Waals surface area contributed by atoms with E-state index < -0.39 is 0 Å². The highest BCUT2D eigenvalue weighted by Crippen LogP contribution is 2.24. The van der Waals surface area contributed by atoms with Gasteiger partial charge in [-0.2, -0.15) is 0 Å². The highest BCUT2D eigenvalue weighted by molar-refractivity contribution is 9.10. The number of nitrogens with one attached hydrogen (secondary N) is 1. The fraction of sp³-hybridized carbons (Fsp3) is 0.350. The van der Waals surface area contributed by atoms with Crippen molar-refractivity contribution >= 4 is 27.5 Å². The molecule has 25 heavy (non-hydrogen) atoms. The molecule has 2 aromatic rings. The molecular weight excluding hydrogens is 383 g/mol. The van der Waals surface area contributed by atoms with Crippen LogP contribution < -0.4 is 5.32 Å². The van der Waals surface area contributed by atoms with E-state index in [-0.39, 0.29) is 17.6 Å². The van der Waals surface area contributed by atoms with E-state index in [0.717, 1.165) is 47.2 Å². The van der Waals surface area contributed by atoms with Gasteiger partial charge in [0.1, 0.15) is 5.82 Å². The average Bonchev–Trinajstić information content (AvgIpc) is 2.61. The van der Waals surface area contributed by atoms with E-state index in [4.69, 9.17) is 0 Å². The van der Waals surface area contributed by atoms with Crippen molar-refractivity contribution in [3.63, 3.8) is 0 Å². The van der Waals surface area contributed by atoms with Crippen LogP contribution in [-0.4, -0.2) is 23.9 Å². The SMILES string of the molecule is Cc1cc(NC(=O)C2CCN(Cc3ccccc3F)CC2)ccc1Br. The summed E-state index contributed by atoms with van der Waals surface area (Å²) in [5, 5.41) is 3.02. The third-order valence-corrected chi connectivity index (χ3v) is 5.63. The molecule has 3 rings (SSSR count). The van der Waals surface area contributed by atoms with Gasteiger partial charge >= 0.3 is 0 Å². The van der Waals surface area contributed by atoms with Crippen LogP contribution in [0.3, 0.4) is 0 Å². The average molecular weight is 405 g/mol. The summed E-state index contributed by atoms with van der Waals surface area (Å²) in [6.45, 7) is 4.23. The predicted molar refractivity (Wildman–Crippen MR) is 102 cm³/mol. The van der Waals surface area contributed by atoms with Crippen molar-refractivity contribution in [2.24, 2.45) is 5.92 Å². The van der Waals surface area contributed by atoms with Crippen molar-refractivity contribution in [3.8, 4) is 0 Å². The normalized spacial score (nSPS) is 16.0. The fourth-order valence-electron chi connectivity index (χ4n) is 3.19. The number of amides is 1. The lowest BCUT2D eigenvalue weighted by atomic mass is 9.95. The Morgan fingerprint density at radius 3 is 2.64 bits per heavy atom. The molecule has 1 fully saturated rings. The summed E-state index contributed by atoms with van der Waals surface area (Å²) in [6, 6.07) is 12.7. The second kappa shape index (κ2) is 8.11. The molecular formula is C20H22BrFN2O. The molecule has 3 nitrogen and oxygen atoms in total. The van der Waals surface area contributed by atoms with Crippen molar-refractivity contribution in [1.29, 1.82) is 0 Å². The van der Waals surface area contributed by atoms with Crippen LogP contribution in [0.1, 0.15) is 24.0 Å². The van der Waals surface area contributed by atoms with Gasteiger partial charge in [0.05, 0.1) is 0 Å². The zero-order valence-corrected chi connectivity index (χ0v) is 15.9.